The van der Waals surface area contributed by atoms with Crippen LogP contribution in [0, 0.1) is 0 Å². The maximum atomic E-state index is 11.6. The molecule has 15 heavy (non-hydrogen) atoms. The van der Waals surface area contributed by atoms with Crippen LogP contribution in [0.25, 0.3) is 0 Å². The maximum absolute atomic E-state index is 11.6. The van der Waals surface area contributed by atoms with Crippen molar-refractivity contribution in [2.75, 3.05) is 0 Å². The SMILES string of the molecule is C=CC(O)C(=C)C(=O)NC1CCCCC1. The van der Waals surface area contributed by atoms with Crippen LogP contribution in [0.2, 0.25) is 0 Å². The normalized spacial score (nSPS) is 19.3. The highest BCUT2D eigenvalue weighted by Crippen LogP contribution is 2.17. The minimum Gasteiger partial charge on any atom is -0.384 e. The second kappa shape index (κ2) is 5.71. The molecule has 1 aliphatic rings. The van der Waals surface area contributed by atoms with E-state index in [4.69, 9.17) is 0 Å². The molecule has 1 unspecified atom stereocenters. The van der Waals surface area contributed by atoms with Gasteiger partial charge in [-0.3, -0.25) is 4.79 Å². The molecule has 3 nitrogen and oxygen atoms in total. The molecule has 1 atom stereocenters. The molecule has 1 saturated carbocycles. The van der Waals surface area contributed by atoms with Crippen molar-refractivity contribution < 1.29 is 9.90 Å². The van der Waals surface area contributed by atoms with Crippen LogP contribution >= 0.6 is 0 Å². The van der Waals surface area contributed by atoms with Gasteiger partial charge in [-0.15, -0.1) is 6.58 Å². The van der Waals surface area contributed by atoms with Crippen LogP contribution in [-0.2, 0) is 4.79 Å². The third-order valence-electron chi connectivity index (χ3n) is 2.81. The fraction of sp³-hybridized carbons (Fsp3) is 0.583. The van der Waals surface area contributed by atoms with Crippen LogP contribution in [0.3, 0.4) is 0 Å². The van der Waals surface area contributed by atoms with Gasteiger partial charge >= 0.3 is 0 Å². The van der Waals surface area contributed by atoms with E-state index in [9.17, 15) is 9.90 Å². The molecule has 0 spiro atoms. The number of rotatable bonds is 4. The second-order valence-corrected chi connectivity index (χ2v) is 4.01. The molecule has 0 saturated heterocycles. The van der Waals surface area contributed by atoms with Crippen LogP contribution in [0.15, 0.2) is 24.8 Å². The van der Waals surface area contributed by atoms with Gasteiger partial charge in [0.25, 0.3) is 0 Å². The largest absolute Gasteiger partial charge is 0.384 e. The van der Waals surface area contributed by atoms with Crippen molar-refractivity contribution in [3.05, 3.63) is 24.8 Å². The number of carbonyl (C=O) groups is 1. The van der Waals surface area contributed by atoms with Gasteiger partial charge in [-0.05, 0) is 12.8 Å². The van der Waals surface area contributed by atoms with E-state index in [1.54, 1.807) is 0 Å². The van der Waals surface area contributed by atoms with Crippen molar-refractivity contribution in [3.63, 3.8) is 0 Å². The molecule has 0 radical (unpaired) electrons. The molecule has 2 N–H and O–H groups in total. The standard InChI is InChI=1S/C12H19NO2/c1-3-11(14)9(2)12(15)13-10-7-5-4-6-8-10/h3,10-11,14H,1-2,4-8H2,(H,13,15). The molecule has 1 rings (SSSR count). The third kappa shape index (κ3) is 3.51. The zero-order chi connectivity index (χ0) is 11.3. The second-order valence-electron chi connectivity index (χ2n) is 4.01. The Kier molecular flexibility index (Phi) is 4.56. The number of nitrogens with one attached hydrogen (secondary N) is 1. The Morgan fingerprint density at radius 1 is 1.40 bits per heavy atom. The first-order valence-corrected chi connectivity index (χ1v) is 5.45. The molecule has 1 amide bonds. The van der Waals surface area contributed by atoms with Crippen molar-refractivity contribution in [2.45, 2.75) is 44.2 Å². The lowest BCUT2D eigenvalue weighted by Gasteiger charge is -2.23. The first kappa shape index (κ1) is 12.0. The summed E-state index contributed by atoms with van der Waals surface area (Å²) in [5.74, 6) is -0.255. The minimum absolute atomic E-state index is 0.176. The van der Waals surface area contributed by atoms with Crippen molar-refractivity contribution in [1.82, 2.24) is 5.32 Å². The van der Waals surface area contributed by atoms with Gasteiger partial charge in [-0.25, -0.2) is 0 Å². The Balaban J connectivity index is 2.40. The average Bonchev–Trinajstić information content (AvgIpc) is 2.28. The summed E-state index contributed by atoms with van der Waals surface area (Å²) in [7, 11) is 0. The van der Waals surface area contributed by atoms with E-state index < -0.39 is 6.10 Å². The topological polar surface area (TPSA) is 49.3 Å². The van der Waals surface area contributed by atoms with Gasteiger partial charge in [0.2, 0.25) is 5.91 Å². The molecule has 0 aromatic rings. The molecule has 0 bridgehead atoms. The number of hydrogen-bond acceptors (Lipinski definition) is 2. The van der Waals surface area contributed by atoms with Crippen molar-refractivity contribution >= 4 is 5.91 Å². The van der Waals surface area contributed by atoms with Crippen LogP contribution in [0.1, 0.15) is 32.1 Å². The molecule has 0 heterocycles. The lowest BCUT2D eigenvalue weighted by molar-refractivity contribution is -0.119. The van der Waals surface area contributed by atoms with E-state index in [0.717, 1.165) is 12.8 Å². The number of aliphatic hydroxyl groups is 1. The van der Waals surface area contributed by atoms with Crippen molar-refractivity contribution in [3.8, 4) is 0 Å². The number of carbonyl (C=O) groups excluding carboxylic acids is 1. The lowest BCUT2D eigenvalue weighted by Crippen LogP contribution is -2.38. The monoisotopic (exact) mass is 209 g/mol. The van der Waals surface area contributed by atoms with Gasteiger partial charge < -0.3 is 10.4 Å². The molecule has 1 fully saturated rings. The summed E-state index contributed by atoms with van der Waals surface area (Å²) < 4.78 is 0. The summed E-state index contributed by atoms with van der Waals surface area (Å²) in [6.45, 7) is 6.98. The highest BCUT2D eigenvalue weighted by Gasteiger charge is 2.19. The number of amides is 1. The summed E-state index contributed by atoms with van der Waals surface area (Å²) in [6.07, 6.45) is 6.02. The van der Waals surface area contributed by atoms with E-state index in [1.807, 2.05) is 0 Å². The van der Waals surface area contributed by atoms with Crippen molar-refractivity contribution in [2.24, 2.45) is 0 Å². The van der Waals surface area contributed by atoms with Crippen molar-refractivity contribution in [1.29, 1.82) is 0 Å². The summed E-state index contributed by atoms with van der Waals surface area (Å²) in [6, 6.07) is 0.250. The highest BCUT2D eigenvalue weighted by molar-refractivity contribution is 5.94. The smallest absolute Gasteiger partial charge is 0.249 e. The van der Waals surface area contributed by atoms with Crippen LogP contribution in [0.5, 0.6) is 0 Å². The molecule has 3 heteroatoms. The maximum Gasteiger partial charge on any atom is 0.249 e. The fourth-order valence-electron chi connectivity index (χ4n) is 1.80. The molecular weight excluding hydrogens is 190 g/mol. The first-order valence-electron chi connectivity index (χ1n) is 5.45. The average molecular weight is 209 g/mol. The number of hydrogen-bond donors (Lipinski definition) is 2. The molecule has 84 valence electrons. The van der Waals surface area contributed by atoms with Gasteiger partial charge in [0.1, 0.15) is 6.10 Å². The molecule has 0 aromatic carbocycles. The zero-order valence-electron chi connectivity index (χ0n) is 9.04. The third-order valence-corrected chi connectivity index (χ3v) is 2.81. The van der Waals surface area contributed by atoms with Gasteiger partial charge in [0.05, 0.1) is 0 Å². The van der Waals surface area contributed by atoms with Gasteiger partial charge in [-0.2, -0.15) is 0 Å². The Morgan fingerprint density at radius 3 is 2.53 bits per heavy atom. The summed E-state index contributed by atoms with van der Waals surface area (Å²) in [4.78, 5) is 11.6. The van der Waals surface area contributed by atoms with Crippen LogP contribution in [-0.4, -0.2) is 23.2 Å². The van der Waals surface area contributed by atoms with E-state index in [0.29, 0.717) is 0 Å². The van der Waals surface area contributed by atoms with E-state index in [-0.39, 0.29) is 17.5 Å². The molecule has 1 aliphatic carbocycles. The van der Waals surface area contributed by atoms with Crippen LogP contribution < -0.4 is 5.32 Å². The number of aliphatic hydroxyl groups excluding tert-OH is 1. The first-order chi connectivity index (χ1) is 7.15. The minimum atomic E-state index is -0.936. The van der Waals surface area contributed by atoms with Gasteiger partial charge in [0, 0.05) is 11.6 Å². The summed E-state index contributed by atoms with van der Waals surface area (Å²) >= 11 is 0. The quantitative estimate of drug-likeness (QED) is 0.545. The lowest BCUT2D eigenvalue weighted by atomic mass is 9.95. The zero-order valence-corrected chi connectivity index (χ0v) is 9.04. The summed E-state index contributed by atoms with van der Waals surface area (Å²) in [5, 5.41) is 12.2. The Bertz CT molecular complexity index is 254. The predicted octanol–water partition coefficient (Wildman–Crippen LogP) is 1.54. The molecule has 0 aromatic heterocycles. The Labute approximate surface area is 90.9 Å². The highest BCUT2D eigenvalue weighted by atomic mass is 16.3. The Morgan fingerprint density at radius 2 is 2.00 bits per heavy atom. The molecular formula is C12H19NO2. The Hall–Kier alpha value is -1.09. The van der Waals surface area contributed by atoms with E-state index >= 15 is 0 Å². The van der Waals surface area contributed by atoms with E-state index in [2.05, 4.69) is 18.5 Å². The van der Waals surface area contributed by atoms with Gasteiger partial charge in [0.15, 0.2) is 0 Å². The predicted molar refractivity (Wildman–Crippen MR) is 60.4 cm³/mol. The summed E-state index contributed by atoms with van der Waals surface area (Å²) in [5.41, 5.74) is 0.176. The van der Waals surface area contributed by atoms with Crippen LogP contribution in [0.4, 0.5) is 0 Å². The fourth-order valence-corrected chi connectivity index (χ4v) is 1.80. The molecule has 0 aliphatic heterocycles. The van der Waals surface area contributed by atoms with Gasteiger partial charge in [-0.1, -0.05) is 31.9 Å². The van der Waals surface area contributed by atoms with E-state index in [1.165, 1.54) is 25.3 Å².